The Hall–Kier alpha value is -2.36. The lowest BCUT2D eigenvalue weighted by atomic mass is 10.1. The molecule has 0 spiro atoms. The van der Waals surface area contributed by atoms with E-state index in [9.17, 15) is 26.3 Å². The van der Waals surface area contributed by atoms with Gasteiger partial charge in [-0.2, -0.15) is 26.3 Å². The SMILES string of the molecule is FC(F)(F)c1cc(NC(=S)N[n+]2ccccc2)cc(C(F)(F)F)c1. The fourth-order valence-electron chi connectivity index (χ4n) is 1.78. The van der Waals surface area contributed by atoms with E-state index < -0.39 is 29.2 Å². The first-order valence-corrected chi connectivity index (χ1v) is 6.80. The highest BCUT2D eigenvalue weighted by molar-refractivity contribution is 7.80. The molecule has 0 aliphatic rings. The van der Waals surface area contributed by atoms with E-state index in [1.807, 2.05) is 0 Å². The Labute approximate surface area is 137 Å². The van der Waals surface area contributed by atoms with E-state index in [1.165, 1.54) is 4.68 Å². The van der Waals surface area contributed by atoms with Crippen molar-refractivity contribution >= 4 is 23.0 Å². The van der Waals surface area contributed by atoms with Crippen LogP contribution in [0.15, 0.2) is 48.8 Å². The van der Waals surface area contributed by atoms with Crippen molar-refractivity contribution in [2.24, 2.45) is 0 Å². The van der Waals surface area contributed by atoms with Gasteiger partial charge in [-0.25, -0.2) is 0 Å². The highest BCUT2D eigenvalue weighted by Gasteiger charge is 2.37. The Kier molecular flexibility index (Phi) is 4.97. The van der Waals surface area contributed by atoms with Crippen molar-refractivity contribution in [1.29, 1.82) is 0 Å². The molecule has 2 aromatic rings. The zero-order chi connectivity index (χ0) is 18.0. The van der Waals surface area contributed by atoms with E-state index in [2.05, 4.69) is 10.7 Å². The number of thiocarbonyl (C=S) groups is 1. The average Bonchev–Trinajstić information content (AvgIpc) is 2.46. The molecule has 1 aromatic carbocycles. The molecule has 0 atom stereocenters. The third kappa shape index (κ3) is 4.82. The number of pyridine rings is 1. The van der Waals surface area contributed by atoms with Gasteiger partial charge < -0.3 is 5.32 Å². The molecule has 0 bridgehead atoms. The summed E-state index contributed by atoms with van der Waals surface area (Å²) in [5.74, 6) is 0. The Balaban J connectivity index is 2.27. The van der Waals surface area contributed by atoms with Gasteiger partial charge in [-0.05, 0) is 30.4 Å². The summed E-state index contributed by atoms with van der Waals surface area (Å²) < 4.78 is 78.0. The summed E-state index contributed by atoms with van der Waals surface area (Å²) in [5, 5.41) is 2.15. The number of hydrogen-bond donors (Lipinski definition) is 2. The van der Waals surface area contributed by atoms with Crippen LogP contribution in [0.1, 0.15) is 11.1 Å². The maximum atomic E-state index is 12.8. The quantitative estimate of drug-likeness (QED) is 0.479. The molecule has 2 N–H and O–H groups in total. The molecule has 128 valence electrons. The van der Waals surface area contributed by atoms with Gasteiger partial charge in [0.05, 0.1) is 11.1 Å². The number of rotatable bonds is 2. The molecule has 0 aliphatic carbocycles. The molecule has 0 saturated heterocycles. The van der Waals surface area contributed by atoms with Crippen LogP contribution >= 0.6 is 12.2 Å². The molecule has 1 heterocycles. The number of aromatic nitrogens is 1. The number of alkyl halides is 6. The molecule has 3 nitrogen and oxygen atoms in total. The second kappa shape index (κ2) is 6.63. The van der Waals surface area contributed by atoms with E-state index >= 15 is 0 Å². The van der Waals surface area contributed by atoms with Crippen LogP contribution in [0.2, 0.25) is 0 Å². The lowest BCUT2D eigenvalue weighted by Crippen LogP contribution is -2.49. The fourth-order valence-corrected chi connectivity index (χ4v) is 2.00. The zero-order valence-corrected chi connectivity index (χ0v) is 12.6. The van der Waals surface area contributed by atoms with Crippen LogP contribution in [-0.2, 0) is 12.4 Å². The molecule has 0 fully saturated rings. The topological polar surface area (TPSA) is 27.9 Å². The van der Waals surface area contributed by atoms with Crippen LogP contribution in [0.4, 0.5) is 32.0 Å². The van der Waals surface area contributed by atoms with Crippen molar-refractivity contribution in [3.8, 4) is 0 Å². The van der Waals surface area contributed by atoms with Crippen molar-refractivity contribution in [3.05, 3.63) is 59.9 Å². The highest BCUT2D eigenvalue weighted by Crippen LogP contribution is 2.37. The molecule has 0 radical (unpaired) electrons. The largest absolute Gasteiger partial charge is 0.416 e. The molecule has 1 aromatic heterocycles. The van der Waals surface area contributed by atoms with Crippen molar-refractivity contribution in [3.63, 3.8) is 0 Å². The van der Waals surface area contributed by atoms with Crippen molar-refractivity contribution < 1.29 is 31.0 Å². The summed E-state index contributed by atoms with van der Waals surface area (Å²) in [5.41, 5.74) is -0.686. The highest BCUT2D eigenvalue weighted by atomic mass is 32.1. The monoisotopic (exact) mass is 366 g/mol. The predicted octanol–water partition coefficient (Wildman–Crippen LogP) is 3.95. The Morgan fingerprint density at radius 3 is 1.79 bits per heavy atom. The normalized spacial score (nSPS) is 11.9. The summed E-state index contributed by atoms with van der Waals surface area (Å²) in [7, 11) is 0. The molecule has 0 amide bonds. The van der Waals surface area contributed by atoms with Crippen molar-refractivity contribution in [2.45, 2.75) is 12.4 Å². The Bertz CT molecular complexity index is 695. The number of hydrogen-bond acceptors (Lipinski definition) is 1. The summed E-state index contributed by atoms with van der Waals surface area (Å²) >= 11 is 4.89. The first kappa shape index (κ1) is 18.0. The number of halogens is 6. The maximum Gasteiger partial charge on any atom is 0.416 e. The first-order chi connectivity index (χ1) is 11.1. The predicted molar refractivity (Wildman–Crippen MR) is 78.7 cm³/mol. The maximum absolute atomic E-state index is 12.8. The number of benzene rings is 1. The van der Waals surface area contributed by atoms with Crippen molar-refractivity contribution in [1.82, 2.24) is 0 Å². The molecular formula is C14H10F6N3S+. The van der Waals surface area contributed by atoms with Crippen LogP contribution in [0, 0.1) is 0 Å². The first-order valence-electron chi connectivity index (χ1n) is 6.39. The van der Waals surface area contributed by atoms with Crippen LogP contribution in [0.3, 0.4) is 0 Å². The van der Waals surface area contributed by atoms with Gasteiger partial charge in [0.15, 0.2) is 12.4 Å². The van der Waals surface area contributed by atoms with Gasteiger partial charge in [-0.1, -0.05) is 10.7 Å². The Morgan fingerprint density at radius 1 is 0.833 bits per heavy atom. The van der Waals surface area contributed by atoms with Gasteiger partial charge in [-0.15, -0.1) is 5.43 Å². The van der Waals surface area contributed by atoms with Gasteiger partial charge in [-0.3, -0.25) is 0 Å². The molecule has 0 unspecified atom stereocenters. The molecule has 24 heavy (non-hydrogen) atoms. The van der Waals surface area contributed by atoms with Gasteiger partial charge in [0.1, 0.15) is 0 Å². The average molecular weight is 366 g/mol. The van der Waals surface area contributed by atoms with Gasteiger partial charge >= 0.3 is 12.4 Å². The van der Waals surface area contributed by atoms with E-state index in [1.54, 1.807) is 30.6 Å². The summed E-state index contributed by atoms with van der Waals surface area (Å²) in [6.45, 7) is 0. The molecular weight excluding hydrogens is 356 g/mol. The number of anilines is 1. The summed E-state index contributed by atoms with van der Waals surface area (Å²) in [6, 6.07) is 6.19. The standard InChI is InChI=1S/C14H9F6N3S/c15-13(16,17)9-6-10(14(18,19)20)8-11(7-9)21-12(24)22-23-4-2-1-3-5-23/h1-8H,(H-,21,22,24)/p+1. The van der Waals surface area contributed by atoms with E-state index in [0.717, 1.165) is 0 Å². The lowest BCUT2D eigenvalue weighted by molar-refractivity contribution is -0.640. The van der Waals surface area contributed by atoms with Crippen LogP contribution in [-0.4, -0.2) is 5.11 Å². The van der Waals surface area contributed by atoms with Crippen LogP contribution in [0.5, 0.6) is 0 Å². The minimum absolute atomic E-state index is 0.0492. The minimum Gasteiger partial charge on any atom is -0.328 e. The molecule has 0 saturated carbocycles. The smallest absolute Gasteiger partial charge is 0.328 e. The summed E-state index contributed by atoms with van der Waals surface area (Å²) in [4.78, 5) is 0. The number of nitrogens with one attached hydrogen (secondary N) is 2. The van der Waals surface area contributed by atoms with Gasteiger partial charge in [0.25, 0.3) is 0 Å². The number of nitrogens with zero attached hydrogens (tertiary/aromatic N) is 1. The second-order valence-electron chi connectivity index (χ2n) is 4.64. The third-order valence-electron chi connectivity index (χ3n) is 2.79. The van der Waals surface area contributed by atoms with E-state index in [4.69, 9.17) is 12.2 Å². The minimum atomic E-state index is -4.92. The zero-order valence-electron chi connectivity index (χ0n) is 11.7. The Morgan fingerprint density at radius 2 is 1.33 bits per heavy atom. The molecule has 0 aliphatic heterocycles. The van der Waals surface area contributed by atoms with Crippen LogP contribution < -0.4 is 15.4 Å². The van der Waals surface area contributed by atoms with Gasteiger partial charge in [0, 0.05) is 17.8 Å². The molecule has 10 heteroatoms. The molecule has 2 rings (SSSR count). The van der Waals surface area contributed by atoms with Crippen LogP contribution in [0.25, 0.3) is 0 Å². The van der Waals surface area contributed by atoms with E-state index in [0.29, 0.717) is 12.1 Å². The third-order valence-corrected chi connectivity index (χ3v) is 2.99. The second-order valence-corrected chi connectivity index (χ2v) is 5.05. The summed E-state index contributed by atoms with van der Waals surface area (Å²) in [6.07, 6.45) is -6.72. The van der Waals surface area contributed by atoms with Crippen molar-refractivity contribution in [2.75, 3.05) is 10.7 Å². The fraction of sp³-hybridized carbons (Fsp3) is 0.143. The lowest BCUT2D eigenvalue weighted by Gasteiger charge is -2.15. The van der Waals surface area contributed by atoms with Gasteiger partial charge in [0.2, 0.25) is 5.11 Å². The van der Waals surface area contributed by atoms with E-state index in [-0.39, 0.29) is 11.2 Å².